The Labute approximate surface area is 89.6 Å². The molecule has 0 fully saturated rings. The molecular weight excluding hydrogens is 213 g/mol. The van der Waals surface area contributed by atoms with Gasteiger partial charge in [-0.05, 0) is 12.1 Å². The van der Waals surface area contributed by atoms with Crippen molar-refractivity contribution >= 4 is 16.9 Å². The Hall–Kier alpha value is -2.17. The van der Waals surface area contributed by atoms with Gasteiger partial charge in [0.2, 0.25) is 0 Å². The summed E-state index contributed by atoms with van der Waals surface area (Å²) in [6, 6.07) is 7.45. The standard InChI is InChI=1S/C11H8FNO3/c12-10(11(15)16)13-6-5-9(14)7-3-1-2-4-8(7)13/h1-6,10H,(H,15,16). The highest BCUT2D eigenvalue weighted by Crippen LogP contribution is 2.16. The highest BCUT2D eigenvalue weighted by molar-refractivity contribution is 5.81. The SMILES string of the molecule is O=C(O)C(F)n1ccc(=O)c2ccccc21. The van der Waals surface area contributed by atoms with Crippen LogP contribution in [0.1, 0.15) is 6.30 Å². The molecule has 1 N–H and O–H groups in total. The maximum atomic E-state index is 13.4. The summed E-state index contributed by atoms with van der Waals surface area (Å²) in [5, 5.41) is 8.89. The van der Waals surface area contributed by atoms with Crippen molar-refractivity contribution in [1.82, 2.24) is 4.57 Å². The third-order valence-electron chi connectivity index (χ3n) is 2.28. The third-order valence-corrected chi connectivity index (χ3v) is 2.28. The number of carboxylic acids is 1. The van der Waals surface area contributed by atoms with Crippen LogP contribution in [0.15, 0.2) is 41.3 Å². The minimum absolute atomic E-state index is 0.260. The number of benzene rings is 1. The number of hydrogen-bond acceptors (Lipinski definition) is 2. The van der Waals surface area contributed by atoms with Gasteiger partial charge in [0.15, 0.2) is 5.43 Å². The van der Waals surface area contributed by atoms with E-state index in [-0.39, 0.29) is 10.9 Å². The number of para-hydroxylation sites is 1. The number of nitrogens with zero attached hydrogens (tertiary/aromatic N) is 1. The van der Waals surface area contributed by atoms with E-state index in [0.29, 0.717) is 5.39 Å². The van der Waals surface area contributed by atoms with Crippen molar-refractivity contribution in [1.29, 1.82) is 0 Å². The molecule has 4 nitrogen and oxygen atoms in total. The van der Waals surface area contributed by atoms with Crippen LogP contribution in [0.2, 0.25) is 0 Å². The van der Waals surface area contributed by atoms with Crippen LogP contribution >= 0.6 is 0 Å². The van der Waals surface area contributed by atoms with Crippen LogP contribution in [0.25, 0.3) is 10.9 Å². The number of rotatable bonds is 2. The molecule has 5 heteroatoms. The number of alkyl halides is 1. The molecule has 0 spiro atoms. The number of halogens is 1. The van der Waals surface area contributed by atoms with Crippen molar-refractivity contribution in [3.05, 3.63) is 46.8 Å². The van der Waals surface area contributed by atoms with E-state index in [1.807, 2.05) is 0 Å². The van der Waals surface area contributed by atoms with E-state index in [1.165, 1.54) is 12.1 Å². The van der Waals surface area contributed by atoms with E-state index in [9.17, 15) is 14.0 Å². The van der Waals surface area contributed by atoms with Gasteiger partial charge in [-0.2, -0.15) is 0 Å². The topological polar surface area (TPSA) is 59.3 Å². The van der Waals surface area contributed by atoms with E-state index in [0.717, 1.165) is 16.8 Å². The van der Waals surface area contributed by atoms with E-state index in [1.54, 1.807) is 12.1 Å². The van der Waals surface area contributed by atoms with Gasteiger partial charge in [-0.25, -0.2) is 9.18 Å². The van der Waals surface area contributed by atoms with Gasteiger partial charge in [0, 0.05) is 17.6 Å². The van der Waals surface area contributed by atoms with Gasteiger partial charge >= 0.3 is 5.97 Å². The molecule has 0 radical (unpaired) electrons. The summed E-state index contributed by atoms with van der Waals surface area (Å²) in [4.78, 5) is 22.0. The van der Waals surface area contributed by atoms with Crippen molar-refractivity contribution in [2.24, 2.45) is 0 Å². The van der Waals surface area contributed by atoms with Crippen LogP contribution in [-0.4, -0.2) is 15.6 Å². The van der Waals surface area contributed by atoms with Crippen molar-refractivity contribution in [3.8, 4) is 0 Å². The molecule has 0 saturated heterocycles. The highest BCUT2D eigenvalue weighted by Gasteiger charge is 2.18. The average Bonchev–Trinajstić information content (AvgIpc) is 2.29. The first-order chi connectivity index (χ1) is 7.61. The normalized spacial score (nSPS) is 12.6. The largest absolute Gasteiger partial charge is 0.478 e. The predicted molar refractivity (Wildman–Crippen MR) is 56.0 cm³/mol. The van der Waals surface area contributed by atoms with Crippen LogP contribution < -0.4 is 5.43 Å². The summed E-state index contributed by atoms with van der Waals surface area (Å²) in [6.45, 7) is 0. The quantitative estimate of drug-likeness (QED) is 0.837. The minimum Gasteiger partial charge on any atom is -0.478 e. The predicted octanol–water partition coefficient (Wildman–Crippen LogP) is 1.55. The van der Waals surface area contributed by atoms with Crippen molar-refractivity contribution < 1.29 is 14.3 Å². The number of pyridine rings is 1. The molecule has 0 bridgehead atoms. The van der Waals surface area contributed by atoms with E-state index < -0.39 is 12.3 Å². The Kier molecular flexibility index (Phi) is 2.44. The first-order valence-corrected chi connectivity index (χ1v) is 4.58. The fraction of sp³-hybridized carbons (Fsp3) is 0.0909. The van der Waals surface area contributed by atoms with E-state index >= 15 is 0 Å². The zero-order chi connectivity index (χ0) is 11.7. The first-order valence-electron chi connectivity index (χ1n) is 4.58. The van der Waals surface area contributed by atoms with Crippen LogP contribution in [0, 0.1) is 0 Å². The first kappa shape index (κ1) is 10.4. The summed E-state index contributed by atoms with van der Waals surface area (Å²) in [7, 11) is 0. The van der Waals surface area contributed by atoms with Crippen LogP contribution in [0.5, 0.6) is 0 Å². The Morgan fingerprint density at radius 3 is 2.69 bits per heavy atom. The number of aromatic nitrogens is 1. The Bertz CT molecular complexity index is 605. The van der Waals surface area contributed by atoms with Gasteiger partial charge in [0.1, 0.15) is 0 Å². The lowest BCUT2D eigenvalue weighted by atomic mass is 10.2. The molecule has 0 saturated carbocycles. The molecular formula is C11H8FNO3. The summed E-state index contributed by atoms with van der Waals surface area (Å²) in [6.07, 6.45) is -1.05. The molecule has 1 heterocycles. The zero-order valence-electron chi connectivity index (χ0n) is 8.13. The van der Waals surface area contributed by atoms with Gasteiger partial charge in [-0.15, -0.1) is 0 Å². The number of aliphatic carboxylic acids is 1. The zero-order valence-corrected chi connectivity index (χ0v) is 8.13. The van der Waals surface area contributed by atoms with Crippen LogP contribution in [0.3, 0.4) is 0 Å². The van der Waals surface area contributed by atoms with Gasteiger partial charge in [-0.3, -0.25) is 4.79 Å². The summed E-state index contributed by atoms with van der Waals surface area (Å²) in [5.74, 6) is -1.59. The van der Waals surface area contributed by atoms with Crippen molar-refractivity contribution in [3.63, 3.8) is 0 Å². The van der Waals surface area contributed by atoms with E-state index in [2.05, 4.69) is 0 Å². The molecule has 0 amide bonds. The van der Waals surface area contributed by atoms with Gasteiger partial charge in [0.25, 0.3) is 6.30 Å². The molecule has 2 rings (SSSR count). The molecule has 2 aromatic rings. The Balaban J connectivity index is 2.77. The molecule has 82 valence electrons. The van der Waals surface area contributed by atoms with Gasteiger partial charge in [-0.1, -0.05) is 12.1 Å². The highest BCUT2D eigenvalue weighted by atomic mass is 19.1. The summed E-state index contributed by atoms with van der Waals surface area (Å²) in [5.41, 5.74) is 0.00865. The molecule has 1 aromatic carbocycles. The third kappa shape index (κ3) is 1.56. The second-order valence-corrected chi connectivity index (χ2v) is 3.28. The van der Waals surface area contributed by atoms with Gasteiger partial charge < -0.3 is 9.67 Å². The molecule has 0 aliphatic rings. The number of carbonyl (C=O) groups is 1. The molecule has 0 aliphatic carbocycles. The lowest BCUT2D eigenvalue weighted by Gasteiger charge is -2.11. The minimum atomic E-state index is -2.19. The molecule has 1 unspecified atom stereocenters. The Morgan fingerprint density at radius 1 is 1.31 bits per heavy atom. The van der Waals surface area contributed by atoms with Crippen molar-refractivity contribution in [2.45, 2.75) is 6.30 Å². The lowest BCUT2D eigenvalue weighted by Crippen LogP contribution is -2.17. The summed E-state index contributed by atoms with van der Waals surface area (Å²) < 4.78 is 14.3. The fourth-order valence-corrected chi connectivity index (χ4v) is 1.54. The Morgan fingerprint density at radius 2 is 2.00 bits per heavy atom. The maximum Gasteiger partial charge on any atom is 0.359 e. The number of hydrogen-bond donors (Lipinski definition) is 1. The molecule has 0 aliphatic heterocycles. The molecule has 16 heavy (non-hydrogen) atoms. The monoisotopic (exact) mass is 221 g/mol. The second-order valence-electron chi connectivity index (χ2n) is 3.28. The maximum absolute atomic E-state index is 13.4. The average molecular weight is 221 g/mol. The smallest absolute Gasteiger partial charge is 0.359 e. The van der Waals surface area contributed by atoms with Crippen molar-refractivity contribution in [2.75, 3.05) is 0 Å². The lowest BCUT2D eigenvalue weighted by molar-refractivity contribution is -0.146. The van der Waals surface area contributed by atoms with Gasteiger partial charge in [0.05, 0.1) is 5.52 Å². The van der Waals surface area contributed by atoms with Crippen LogP contribution in [0.4, 0.5) is 4.39 Å². The second kappa shape index (κ2) is 3.77. The molecule has 1 aromatic heterocycles. The summed E-state index contributed by atoms with van der Waals surface area (Å²) >= 11 is 0. The molecule has 1 atom stereocenters. The number of carboxylic acid groups (broad SMARTS) is 1. The van der Waals surface area contributed by atoms with Crippen LogP contribution in [-0.2, 0) is 4.79 Å². The fourth-order valence-electron chi connectivity index (χ4n) is 1.54. The van der Waals surface area contributed by atoms with E-state index in [4.69, 9.17) is 5.11 Å². The number of fused-ring (bicyclic) bond motifs is 1.